The van der Waals surface area contributed by atoms with E-state index in [2.05, 4.69) is 16.3 Å². The lowest BCUT2D eigenvalue weighted by Gasteiger charge is -2.18. The second kappa shape index (κ2) is 9.84. The minimum absolute atomic E-state index is 0.451. The van der Waals surface area contributed by atoms with E-state index in [1.807, 2.05) is 32.3 Å². The fourth-order valence-corrected chi connectivity index (χ4v) is 3.80. The molecule has 3 aromatic carbocycles. The van der Waals surface area contributed by atoms with Crippen LogP contribution < -0.4 is 5.32 Å². The highest BCUT2D eigenvalue weighted by molar-refractivity contribution is 6.41. The van der Waals surface area contributed by atoms with Gasteiger partial charge in [0.1, 0.15) is 11.5 Å². The van der Waals surface area contributed by atoms with Crippen molar-refractivity contribution >= 4 is 63.6 Å². The fourth-order valence-electron chi connectivity index (χ4n) is 2.83. The summed E-state index contributed by atoms with van der Waals surface area (Å²) in [6.07, 6.45) is 0. The van der Waals surface area contributed by atoms with Gasteiger partial charge in [0.15, 0.2) is 0 Å². The van der Waals surface area contributed by atoms with Crippen LogP contribution in [-0.4, -0.2) is 24.8 Å². The smallest absolute Gasteiger partial charge is 0.138 e. The van der Waals surface area contributed by atoms with Crippen LogP contribution in [0, 0.1) is 0 Å². The predicted molar refractivity (Wildman–Crippen MR) is 127 cm³/mol. The summed E-state index contributed by atoms with van der Waals surface area (Å²) in [5, 5.41) is 5.17. The van der Waals surface area contributed by atoms with Gasteiger partial charge in [-0.15, -0.1) is 0 Å². The summed E-state index contributed by atoms with van der Waals surface area (Å²) in [5.74, 6) is 0.549. The molecular formula is C22H19Cl4N3. The van der Waals surface area contributed by atoms with Crippen molar-refractivity contribution in [2.45, 2.75) is 6.54 Å². The van der Waals surface area contributed by atoms with Gasteiger partial charge in [-0.25, -0.2) is 4.99 Å². The van der Waals surface area contributed by atoms with Crippen molar-refractivity contribution in [2.24, 2.45) is 4.99 Å². The number of rotatable bonds is 5. The van der Waals surface area contributed by atoms with Gasteiger partial charge in [0.25, 0.3) is 0 Å². The summed E-state index contributed by atoms with van der Waals surface area (Å²) < 4.78 is 0. The van der Waals surface area contributed by atoms with E-state index in [0.29, 0.717) is 37.3 Å². The average Bonchev–Trinajstić information content (AvgIpc) is 2.66. The number of hydrogen-bond donors (Lipinski definition) is 1. The van der Waals surface area contributed by atoms with Crippen LogP contribution in [0.15, 0.2) is 65.7 Å². The van der Waals surface area contributed by atoms with Gasteiger partial charge in [-0.2, -0.15) is 0 Å². The number of hydrogen-bond acceptors (Lipinski definition) is 2. The van der Waals surface area contributed by atoms with Crippen molar-refractivity contribution < 1.29 is 0 Å². The van der Waals surface area contributed by atoms with E-state index in [9.17, 15) is 0 Å². The summed E-state index contributed by atoms with van der Waals surface area (Å²) >= 11 is 25.5. The Morgan fingerprint density at radius 1 is 0.793 bits per heavy atom. The number of nitrogens with zero attached hydrogens (tertiary/aromatic N) is 2. The van der Waals surface area contributed by atoms with Crippen LogP contribution in [0.5, 0.6) is 0 Å². The molecule has 0 heterocycles. The molecule has 0 aromatic heterocycles. The van der Waals surface area contributed by atoms with E-state index >= 15 is 0 Å². The molecule has 3 nitrogen and oxygen atoms in total. The van der Waals surface area contributed by atoms with Gasteiger partial charge < -0.3 is 10.2 Å². The number of anilines is 1. The molecule has 0 saturated heterocycles. The molecule has 0 fully saturated rings. The van der Waals surface area contributed by atoms with Gasteiger partial charge in [-0.05, 0) is 43.9 Å². The van der Waals surface area contributed by atoms with Crippen LogP contribution in [-0.2, 0) is 6.54 Å². The molecule has 0 radical (unpaired) electrons. The van der Waals surface area contributed by atoms with Crippen molar-refractivity contribution in [3.8, 4) is 0 Å². The Kier molecular flexibility index (Phi) is 7.44. The molecule has 7 heteroatoms. The zero-order valence-electron chi connectivity index (χ0n) is 15.9. The number of nitrogens with one attached hydrogen (secondary N) is 1. The molecule has 0 aliphatic carbocycles. The monoisotopic (exact) mass is 465 g/mol. The predicted octanol–water partition coefficient (Wildman–Crippen LogP) is 7.55. The van der Waals surface area contributed by atoms with Gasteiger partial charge in [0, 0.05) is 12.1 Å². The summed E-state index contributed by atoms with van der Waals surface area (Å²) in [7, 11) is 4.02. The lowest BCUT2D eigenvalue weighted by Crippen LogP contribution is -2.19. The first-order valence-electron chi connectivity index (χ1n) is 8.83. The Labute approximate surface area is 190 Å². The van der Waals surface area contributed by atoms with Gasteiger partial charge in [0.2, 0.25) is 0 Å². The Morgan fingerprint density at radius 3 is 1.93 bits per heavy atom. The molecule has 3 aromatic rings. The summed E-state index contributed by atoms with van der Waals surface area (Å²) in [5.41, 5.74) is 3.02. The van der Waals surface area contributed by atoms with Gasteiger partial charge in [-0.1, -0.05) is 82.8 Å². The molecule has 0 aliphatic rings. The molecular weight excluding hydrogens is 448 g/mol. The topological polar surface area (TPSA) is 27.6 Å². The van der Waals surface area contributed by atoms with E-state index in [4.69, 9.17) is 51.4 Å². The molecule has 29 heavy (non-hydrogen) atoms. The van der Waals surface area contributed by atoms with Crippen LogP contribution in [0.4, 0.5) is 11.4 Å². The SMILES string of the molecule is CN(C)Cc1ccccc1C(=Nc1c(Cl)cccc1Cl)Nc1c(Cl)cccc1Cl. The molecule has 0 bridgehead atoms. The third kappa shape index (κ3) is 5.44. The van der Waals surface area contributed by atoms with Gasteiger partial charge in [-0.3, -0.25) is 0 Å². The zero-order chi connectivity index (χ0) is 21.0. The molecule has 0 aliphatic heterocycles. The average molecular weight is 467 g/mol. The van der Waals surface area contributed by atoms with Crippen molar-refractivity contribution in [3.63, 3.8) is 0 Å². The Balaban J connectivity index is 2.19. The lowest BCUT2D eigenvalue weighted by molar-refractivity contribution is 0.402. The molecule has 0 amide bonds. The van der Waals surface area contributed by atoms with E-state index in [0.717, 1.165) is 17.7 Å². The van der Waals surface area contributed by atoms with Crippen LogP contribution in [0.3, 0.4) is 0 Å². The molecule has 150 valence electrons. The highest BCUT2D eigenvalue weighted by Gasteiger charge is 2.16. The van der Waals surface area contributed by atoms with E-state index in [1.54, 1.807) is 36.4 Å². The fraction of sp³-hybridized carbons (Fsp3) is 0.136. The Hall–Kier alpha value is -1.75. The van der Waals surface area contributed by atoms with E-state index < -0.39 is 0 Å². The first-order chi connectivity index (χ1) is 13.9. The number of benzene rings is 3. The maximum atomic E-state index is 6.39. The molecule has 0 spiro atoms. The van der Waals surface area contributed by atoms with Crippen LogP contribution >= 0.6 is 46.4 Å². The highest BCUT2D eigenvalue weighted by Crippen LogP contribution is 2.35. The summed E-state index contributed by atoms with van der Waals surface area (Å²) in [6.45, 7) is 0.726. The number of para-hydroxylation sites is 2. The van der Waals surface area contributed by atoms with Crippen molar-refractivity contribution in [2.75, 3.05) is 19.4 Å². The van der Waals surface area contributed by atoms with Crippen molar-refractivity contribution in [1.82, 2.24) is 4.90 Å². The first-order valence-corrected chi connectivity index (χ1v) is 10.3. The lowest BCUT2D eigenvalue weighted by atomic mass is 10.1. The number of halogens is 4. The van der Waals surface area contributed by atoms with Crippen molar-refractivity contribution in [1.29, 1.82) is 0 Å². The van der Waals surface area contributed by atoms with Crippen LogP contribution in [0.2, 0.25) is 20.1 Å². The van der Waals surface area contributed by atoms with Crippen LogP contribution in [0.25, 0.3) is 0 Å². The van der Waals surface area contributed by atoms with Crippen molar-refractivity contribution in [3.05, 3.63) is 91.9 Å². The third-order valence-corrected chi connectivity index (χ3v) is 5.37. The third-order valence-electron chi connectivity index (χ3n) is 4.13. The van der Waals surface area contributed by atoms with Gasteiger partial charge >= 0.3 is 0 Å². The maximum Gasteiger partial charge on any atom is 0.138 e. The van der Waals surface area contributed by atoms with E-state index in [1.165, 1.54) is 0 Å². The molecule has 0 saturated carbocycles. The largest absolute Gasteiger partial charge is 0.337 e. The molecule has 0 atom stereocenters. The Morgan fingerprint density at radius 2 is 1.34 bits per heavy atom. The first kappa shape index (κ1) is 21.9. The van der Waals surface area contributed by atoms with E-state index in [-0.39, 0.29) is 0 Å². The minimum atomic E-state index is 0.451. The quantitative estimate of drug-likeness (QED) is 0.310. The summed E-state index contributed by atoms with van der Waals surface area (Å²) in [4.78, 5) is 6.86. The zero-order valence-corrected chi connectivity index (χ0v) is 18.9. The highest BCUT2D eigenvalue weighted by atomic mass is 35.5. The maximum absolute atomic E-state index is 6.39. The summed E-state index contributed by atoms with van der Waals surface area (Å²) in [6, 6.07) is 18.6. The number of aliphatic imine (C=N–C) groups is 1. The minimum Gasteiger partial charge on any atom is -0.337 e. The molecule has 0 unspecified atom stereocenters. The second-order valence-corrected chi connectivity index (χ2v) is 8.28. The second-order valence-electron chi connectivity index (χ2n) is 6.65. The molecule has 1 N–H and O–H groups in total. The van der Waals surface area contributed by atoms with Gasteiger partial charge in [0.05, 0.1) is 25.8 Å². The number of amidine groups is 1. The normalized spacial score (nSPS) is 11.8. The molecule has 3 rings (SSSR count). The van der Waals surface area contributed by atoms with Crippen LogP contribution in [0.1, 0.15) is 11.1 Å². The standard InChI is InChI=1S/C22H19Cl4N3/c1-29(2)13-14-7-3-4-8-15(14)22(27-20-16(23)9-5-10-17(20)24)28-21-18(25)11-6-12-19(21)26/h3-12H,13H2,1-2H3,(H,27,28). The Bertz CT molecular complexity index is 1010.